The van der Waals surface area contributed by atoms with Gasteiger partial charge in [0.05, 0.1) is 12.8 Å². The summed E-state index contributed by atoms with van der Waals surface area (Å²) in [6, 6.07) is 8.02. The number of nitrogens with zero attached hydrogens (tertiary/aromatic N) is 1. The van der Waals surface area contributed by atoms with Crippen LogP contribution < -0.4 is 15.0 Å². The van der Waals surface area contributed by atoms with E-state index in [0.717, 1.165) is 12.1 Å². The molecule has 138 valence electrons. The summed E-state index contributed by atoms with van der Waals surface area (Å²) in [7, 11) is 1.44. The lowest BCUT2D eigenvalue weighted by atomic mass is 10.2. The Balaban J connectivity index is 2.13. The molecule has 0 aliphatic carbocycles. The molecule has 0 bridgehead atoms. The number of carbonyl (C=O) groups is 2. The molecule has 0 saturated carbocycles. The molecule has 0 spiro atoms. The van der Waals surface area contributed by atoms with Crippen molar-refractivity contribution in [3.63, 3.8) is 0 Å². The Bertz CT molecular complexity index is 810. The van der Waals surface area contributed by atoms with Crippen LogP contribution in [0.4, 0.5) is 20.2 Å². The van der Waals surface area contributed by atoms with Crippen molar-refractivity contribution in [1.82, 2.24) is 0 Å². The number of carbonyl (C=O) groups excluding carboxylic acids is 2. The average molecular weight is 383 g/mol. The van der Waals surface area contributed by atoms with Crippen molar-refractivity contribution in [1.29, 1.82) is 0 Å². The Morgan fingerprint density at radius 3 is 2.42 bits per heavy atom. The minimum atomic E-state index is -0.877. The van der Waals surface area contributed by atoms with Crippen LogP contribution in [0, 0.1) is 11.6 Å². The zero-order chi connectivity index (χ0) is 19.3. The lowest BCUT2D eigenvalue weighted by Gasteiger charge is -2.23. The van der Waals surface area contributed by atoms with Gasteiger partial charge >= 0.3 is 0 Å². The van der Waals surface area contributed by atoms with Crippen molar-refractivity contribution in [3.05, 3.63) is 53.1 Å². The van der Waals surface area contributed by atoms with Gasteiger partial charge in [-0.2, -0.15) is 0 Å². The van der Waals surface area contributed by atoms with E-state index in [9.17, 15) is 18.4 Å². The Hall–Kier alpha value is -2.67. The molecule has 0 saturated heterocycles. The summed E-state index contributed by atoms with van der Waals surface area (Å²) >= 11 is 5.97. The van der Waals surface area contributed by atoms with Crippen LogP contribution in [-0.4, -0.2) is 25.5 Å². The number of rotatable bonds is 6. The maximum absolute atomic E-state index is 13.6. The molecule has 0 aromatic heterocycles. The lowest BCUT2D eigenvalue weighted by molar-refractivity contribution is -0.117. The van der Waals surface area contributed by atoms with Gasteiger partial charge in [-0.3, -0.25) is 9.59 Å². The topological polar surface area (TPSA) is 58.6 Å². The maximum atomic E-state index is 13.6. The first-order valence-electron chi connectivity index (χ1n) is 7.69. The molecule has 2 rings (SSSR count). The summed E-state index contributed by atoms with van der Waals surface area (Å²) in [6.07, 6.45) is -0.178. The first-order valence-corrected chi connectivity index (χ1v) is 8.06. The second-order valence-electron chi connectivity index (χ2n) is 5.38. The number of benzene rings is 2. The fourth-order valence-corrected chi connectivity index (χ4v) is 2.52. The summed E-state index contributed by atoms with van der Waals surface area (Å²) in [5, 5.41) is 2.57. The van der Waals surface area contributed by atoms with Gasteiger partial charge in [0.25, 0.3) is 0 Å². The van der Waals surface area contributed by atoms with E-state index in [0.29, 0.717) is 16.5 Å². The monoisotopic (exact) mass is 382 g/mol. The van der Waals surface area contributed by atoms with Crippen LogP contribution in [-0.2, 0) is 9.59 Å². The first-order chi connectivity index (χ1) is 12.3. The average Bonchev–Trinajstić information content (AvgIpc) is 2.58. The van der Waals surface area contributed by atoms with Crippen LogP contribution in [0.2, 0.25) is 5.02 Å². The Labute approximate surface area is 154 Å². The molecule has 2 amide bonds. The zero-order valence-electron chi connectivity index (χ0n) is 14.2. The normalized spacial score (nSPS) is 10.3. The van der Waals surface area contributed by atoms with E-state index in [-0.39, 0.29) is 18.9 Å². The number of para-hydroxylation sites is 1. The molecule has 1 N–H and O–H groups in total. The summed E-state index contributed by atoms with van der Waals surface area (Å²) in [6.45, 7) is 1.31. The van der Waals surface area contributed by atoms with Gasteiger partial charge in [-0.1, -0.05) is 17.7 Å². The van der Waals surface area contributed by atoms with Crippen LogP contribution in [0.5, 0.6) is 5.75 Å². The van der Waals surface area contributed by atoms with Gasteiger partial charge in [-0.25, -0.2) is 8.78 Å². The van der Waals surface area contributed by atoms with Gasteiger partial charge in [-0.05, 0) is 30.3 Å². The van der Waals surface area contributed by atoms with Gasteiger partial charge in [0.15, 0.2) is 0 Å². The first kappa shape index (κ1) is 19.7. The van der Waals surface area contributed by atoms with Gasteiger partial charge in [0, 0.05) is 24.9 Å². The number of anilines is 2. The highest BCUT2D eigenvalue weighted by atomic mass is 35.5. The van der Waals surface area contributed by atoms with E-state index in [1.165, 1.54) is 31.1 Å². The van der Waals surface area contributed by atoms with Crippen molar-refractivity contribution >= 4 is 34.8 Å². The number of methoxy groups -OCH3 is 1. The molecule has 0 aliphatic heterocycles. The van der Waals surface area contributed by atoms with Crippen molar-refractivity contribution in [2.24, 2.45) is 0 Å². The van der Waals surface area contributed by atoms with Gasteiger partial charge in [0.1, 0.15) is 23.1 Å². The molecule has 26 heavy (non-hydrogen) atoms. The highest BCUT2D eigenvalue weighted by molar-refractivity contribution is 6.31. The molecular weight excluding hydrogens is 366 g/mol. The fourth-order valence-electron chi connectivity index (χ4n) is 2.35. The van der Waals surface area contributed by atoms with Crippen LogP contribution in [0.15, 0.2) is 36.4 Å². The van der Waals surface area contributed by atoms with E-state index in [2.05, 4.69) is 5.32 Å². The zero-order valence-corrected chi connectivity index (χ0v) is 14.9. The number of hydrogen-bond acceptors (Lipinski definition) is 3. The predicted molar refractivity (Wildman–Crippen MR) is 95.6 cm³/mol. The second kappa shape index (κ2) is 8.62. The largest absolute Gasteiger partial charge is 0.495 e. The SMILES string of the molecule is COc1ccc(Cl)cc1N(CCC(=O)Nc1c(F)cccc1F)C(C)=O. The van der Waals surface area contributed by atoms with Crippen molar-refractivity contribution in [3.8, 4) is 5.75 Å². The smallest absolute Gasteiger partial charge is 0.226 e. The van der Waals surface area contributed by atoms with Gasteiger partial charge in [-0.15, -0.1) is 0 Å². The highest BCUT2D eigenvalue weighted by Crippen LogP contribution is 2.31. The molecule has 0 heterocycles. The van der Waals surface area contributed by atoms with E-state index in [4.69, 9.17) is 16.3 Å². The number of nitrogens with one attached hydrogen (secondary N) is 1. The minimum Gasteiger partial charge on any atom is -0.495 e. The Morgan fingerprint density at radius 1 is 1.19 bits per heavy atom. The van der Waals surface area contributed by atoms with E-state index in [1.807, 2.05) is 0 Å². The maximum Gasteiger partial charge on any atom is 0.226 e. The molecule has 0 radical (unpaired) electrons. The molecular formula is C18H17ClF2N2O3. The molecule has 8 heteroatoms. The lowest BCUT2D eigenvalue weighted by Crippen LogP contribution is -2.32. The molecule has 0 atom stereocenters. The second-order valence-corrected chi connectivity index (χ2v) is 5.82. The molecule has 0 unspecified atom stereocenters. The molecule has 2 aromatic rings. The molecule has 0 aliphatic rings. The van der Waals surface area contributed by atoms with Crippen molar-refractivity contribution in [2.75, 3.05) is 23.9 Å². The summed E-state index contributed by atoms with van der Waals surface area (Å²) in [4.78, 5) is 25.3. The summed E-state index contributed by atoms with van der Waals surface area (Å²) in [5.41, 5.74) is -0.121. The quantitative estimate of drug-likeness (QED) is 0.821. The molecule has 2 aromatic carbocycles. The number of hydrogen-bond donors (Lipinski definition) is 1. The third-order valence-corrected chi connectivity index (χ3v) is 3.84. The fraction of sp³-hybridized carbons (Fsp3) is 0.222. The van der Waals surface area contributed by atoms with E-state index < -0.39 is 23.2 Å². The number of ether oxygens (including phenoxy) is 1. The van der Waals surface area contributed by atoms with Gasteiger partial charge < -0.3 is 15.0 Å². The Kier molecular flexibility index (Phi) is 6.52. The minimum absolute atomic E-state index is 0.0199. The molecule has 5 nitrogen and oxygen atoms in total. The van der Waals surface area contributed by atoms with E-state index in [1.54, 1.807) is 12.1 Å². The van der Waals surface area contributed by atoms with Gasteiger partial charge in [0.2, 0.25) is 11.8 Å². The van der Waals surface area contributed by atoms with Crippen LogP contribution in [0.3, 0.4) is 0 Å². The van der Waals surface area contributed by atoms with E-state index >= 15 is 0 Å². The van der Waals surface area contributed by atoms with Crippen LogP contribution in [0.25, 0.3) is 0 Å². The third-order valence-electron chi connectivity index (χ3n) is 3.60. The number of amides is 2. The third kappa shape index (κ3) is 4.70. The Morgan fingerprint density at radius 2 is 1.85 bits per heavy atom. The predicted octanol–water partition coefficient (Wildman–Crippen LogP) is 4.01. The highest BCUT2D eigenvalue weighted by Gasteiger charge is 2.19. The van der Waals surface area contributed by atoms with Crippen molar-refractivity contribution in [2.45, 2.75) is 13.3 Å². The van der Waals surface area contributed by atoms with Crippen molar-refractivity contribution < 1.29 is 23.1 Å². The number of halogens is 3. The molecule has 0 fully saturated rings. The van der Waals surface area contributed by atoms with Crippen LogP contribution in [0.1, 0.15) is 13.3 Å². The summed E-state index contributed by atoms with van der Waals surface area (Å²) < 4.78 is 32.4. The van der Waals surface area contributed by atoms with Crippen LogP contribution >= 0.6 is 11.6 Å². The summed E-state index contributed by atoms with van der Waals surface area (Å²) in [5.74, 6) is -2.32. The standard InChI is InChI=1S/C18H17ClF2N2O3/c1-11(24)23(15-10-12(19)6-7-16(15)26-2)9-8-17(25)22-18-13(20)4-3-5-14(18)21/h3-7,10H,8-9H2,1-2H3,(H,22,25).